The van der Waals surface area contributed by atoms with Crippen LogP contribution in [0.25, 0.3) is 0 Å². The van der Waals surface area contributed by atoms with Gasteiger partial charge in [-0.3, -0.25) is 0 Å². The van der Waals surface area contributed by atoms with E-state index >= 15 is 0 Å². The van der Waals surface area contributed by atoms with Crippen LogP contribution in [0.3, 0.4) is 0 Å². The molecular weight excluding hydrogens is 240 g/mol. The lowest BCUT2D eigenvalue weighted by Crippen LogP contribution is -1.99. The molecule has 0 aliphatic carbocycles. The first-order chi connectivity index (χ1) is 9.24. The van der Waals surface area contributed by atoms with Gasteiger partial charge in [0.15, 0.2) is 0 Å². The van der Waals surface area contributed by atoms with E-state index in [1.54, 1.807) is 7.11 Å². The zero-order valence-corrected chi connectivity index (χ0v) is 11.1. The van der Waals surface area contributed by atoms with Crippen LogP contribution in [0.2, 0.25) is 0 Å². The van der Waals surface area contributed by atoms with Gasteiger partial charge in [-0.25, -0.2) is 0 Å². The molecule has 0 aromatic heterocycles. The number of nitrogen functional groups attached to an aromatic ring is 1. The number of para-hydroxylation sites is 1. The highest BCUT2D eigenvalue weighted by Gasteiger charge is 2.05. The Morgan fingerprint density at radius 3 is 2.68 bits per heavy atom. The first kappa shape index (κ1) is 13.1. The van der Waals surface area contributed by atoms with Gasteiger partial charge in [-0.05, 0) is 31.2 Å². The highest BCUT2D eigenvalue weighted by atomic mass is 16.5. The minimum Gasteiger partial charge on any atom is -0.495 e. The number of ether oxygens (including phenoxy) is 2. The number of hydrogen-bond donors (Lipinski definition) is 2. The summed E-state index contributed by atoms with van der Waals surface area (Å²) in [5.74, 6) is 1.49. The Hall–Kier alpha value is -2.36. The van der Waals surface area contributed by atoms with Crippen molar-refractivity contribution in [2.75, 3.05) is 24.8 Å². The van der Waals surface area contributed by atoms with E-state index in [1.165, 1.54) is 0 Å². The minimum atomic E-state index is 0.590. The number of nitrogens with one attached hydrogen (secondary N) is 1. The molecule has 0 spiro atoms. The van der Waals surface area contributed by atoms with Gasteiger partial charge in [0, 0.05) is 11.8 Å². The fourth-order valence-corrected chi connectivity index (χ4v) is 1.82. The summed E-state index contributed by atoms with van der Waals surface area (Å²) in [4.78, 5) is 0. The molecule has 4 heteroatoms. The van der Waals surface area contributed by atoms with Crippen LogP contribution in [0.5, 0.6) is 11.5 Å². The van der Waals surface area contributed by atoms with Crippen LogP contribution >= 0.6 is 0 Å². The Labute approximate surface area is 113 Å². The van der Waals surface area contributed by atoms with Crippen molar-refractivity contribution in [2.45, 2.75) is 6.92 Å². The number of anilines is 3. The topological polar surface area (TPSA) is 56.5 Å². The Morgan fingerprint density at radius 1 is 1.16 bits per heavy atom. The van der Waals surface area contributed by atoms with Crippen molar-refractivity contribution in [2.24, 2.45) is 0 Å². The van der Waals surface area contributed by atoms with Gasteiger partial charge in [0.05, 0.1) is 25.1 Å². The van der Waals surface area contributed by atoms with Crippen molar-refractivity contribution in [3.8, 4) is 11.5 Å². The summed E-state index contributed by atoms with van der Waals surface area (Å²) in [6.07, 6.45) is 0. The minimum absolute atomic E-state index is 0.590. The molecule has 0 heterocycles. The average Bonchev–Trinajstić information content (AvgIpc) is 2.42. The van der Waals surface area contributed by atoms with Crippen molar-refractivity contribution in [3.05, 3.63) is 42.5 Å². The third kappa shape index (κ3) is 3.10. The number of benzene rings is 2. The van der Waals surface area contributed by atoms with E-state index in [9.17, 15) is 0 Å². The van der Waals surface area contributed by atoms with Crippen LogP contribution < -0.4 is 20.5 Å². The molecule has 0 aliphatic heterocycles. The predicted octanol–water partition coefficient (Wildman–Crippen LogP) is 3.42. The largest absolute Gasteiger partial charge is 0.495 e. The molecule has 0 radical (unpaired) electrons. The van der Waals surface area contributed by atoms with Crippen LogP contribution in [0.4, 0.5) is 17.1 Å². The molecule has 0 unspecified atom stereocenters. The monoisotopic (exact) mass is 258 g/mol. The second-order valence-electron chi connectivity index (χ2n) is 4.01. The van der Waals surface area contributed by atoms with Gasteiger partial charge in [0.2, 0.25) is 0 Å². The molecule has 0 saturated carbocycles. The zero-order chi connectivity index (χ0) is 13.7. The van der Waals surface area contributed by atoms with E-state index in [-0.39, 0.29) is 0 Å². The fraction of sp³-hybridized carbons (Fsp3) is 0.200. The summed E-state index contributed by atoms with van der Waals surface area (Å²) in [6.45, 7) is 2.60. The molecule has 0 aliphatic rings. The Balaban J connectivity index is 2.23. The maximum absolute atomic E-state index is 6.02. The lowest BCUT2D eigenvalue weighted by atomic mass is 10.2. The van der Waals surface area contributed by atoms with Gasteiger partial charge >= 0.3 is 0 Å². The summed E-state index contributed by atoms with van der Waals surface area (Å²) in [5, 5.41) is 3.26. The SMILES string of the molecule is CCOc1cccc(Nc2cccc(OC)c2N)c1. The summed E-state index contributed by atoms with van der Waals surface area (Å²) < 4.78 is 10.7. The summed E-state index contributed by atoms with van der Waals surface area (Å²) in [6, 6.07) is 13.4. The van der Waals surface area contributed by atoms with Gasteiger partial charge in [-0.1, -0.05) is 12.1 Å². The predicted molar refractivity (Wildman–Crippen MR) is 78.3 cm³/mol. The molecule has 100 valence electrons. The van der Waals surface area contributed by atoms with Crippen LogP contribution in [-0.2, 0) is 0 Å². The third-order valence-electron chi connectivity index (χ3n) is 2.71. The molecule has 0 bridgehead atoms. The lowest BCUT2D eigenvalue weighted by molar-refractivity contribution is 0.340. The first-order valence-electron chi connectivity index (χ1n) is 6.17. The fourth-order valence-electron chi connectivity index (χ4n) is 1.82. The van der Waals surface area contributed by atoms with E-state index in [0.29, 0.717) is 18.0 Å². The molecule has 4 nitrogen and oxygen atoms in total. The van der Waals surface area contributed by atoms with E-state index in [0.717, 1.165) is 17.1 Å². The van der Waals surface area contributed by atoms with Gasteiger partial charge < -0.3 is 20.5 Å². The number of nitrogens with two attached hydrogens (primary N) is 1. The second kappa shape index (κ2) is 6.00. The molecule has 0 fully saturated rings. The lowest BCUT2D eigenvalue weighted by Gasteiger charge is -2.13. The average molecular weight is 258 g/mol. The summed E-state index contributed by atoms with van der Waals surface area (Å²) >= 11 is 0. The highest BCUT2D eigenvalue weighted by molar-refractivity contribution is 5.77. The molecule has 2 aromatic rings. The van der Waals surface area contributed by atoms with Crippen molar-refractivity contribution in [1.29, 1.82) is 0 Å². The molecule has 3 N–H and O–H groups in total. The van der Waals surface area contributed by atoms with E-state index in [2.05, 4.69) is 5.32 Å². The summed E-state index contributed by atoms with van der Waals surface area (Å²) in [7, 11) is 1.60. The highest BCUT2D eigenvalue weighted by Crippen LogP contribution is 2.31. The number of rotatable bonds is 5. The van der Waals surface area contributed by atoms with Gasteiger partial charge in [0.25, 0.3) is 0 Å². The maximum atomic E-state index is 6.02. The smallest absolute Gasteiger partial charge is 0.143 e. The molecule has 0 atom stereocenters. The van der Waals surface area contributed by atoms with E-state index in [4.69, 9.17) is 15.2 Å². The van der Waals surface area contributed by atoms with Crippen molar-refractivity contribution < 1.29 is 9.47 Å². The number of methoxy groups -OCH3 is 1. The van der Waals surface area contributed by atoms with Crippen LogP contribution in [0, 0.1) is 0 Å². The van der Waals surface area contributed by atoms with Crippen LogP contribution in [0.1, 0.15) is 6.92 Å². The first-order valence-corrected chi connectivity index (χ1v) is 6.17. The van der Waals surface area contributed by atoms with Crippen molar-refractivity contribution >= 4 is 17.1 Å². The van der Waals surface area contributed by atoms with E-state index in [1.807, 2.05) is 49.4 Å². The normalized spacial score (nSPS) is 10.0. The van der Waals surface area contributed by atoms with Crippen molar-refractivity contribution in [1.82, 2.24) is 0 Å². The third-order valence-corrected chi connectivity index (χ3v) is 2.71. The second-order valence-corrected chi connectivity index (χ2v) is 4.01. The number of hydrogen-bond acceptors (Lipinski definition) is 4. The van der Waals surface area contributed by atoms with Crippen molar-refractivity contribution in [3.63, 3.8) is 0 Å². The molecule has 2 aromatic carbocycles. The summed E-state index contributed by atoms with van der Waals surface area (Å²) in [5.41, 5.74) is 8.34. The Bertz CT molecular complexity index is 556. The standard InChI is InChI=1S/C15H18N2O2/c1-3-19-12-7-4-6-11(10-12)17-13-8-5-9-14(18-2)15(13)16/h4-10,17H,3,16H2,1-2H3. The van der Waals surface area contributed by atoms with Gasteiger partial charge in [0.1, 0.15) is 11.5 Å². The van der Waals surface area contributed by atoms with Gasteiger partial charge in [-0.2, -0.15) is 0 Å². The Morgan fingerprint density at radius 2 is 1.95 bits per heavy atom. The van der Waals surface area contributed by atoms with E-state index < -0.39 is 0 Å². The molecule has 19 heavy (non-hydrogen) atoms. The van der Waals surface area contributed by atoms with Crippen LogP contribution in [0.15, 0.2) is 42.5 Å². The maximum Gasteiger partial charge on any atom is 0.143 e. The zero-order valence-electron chi connectivity index (χ0n) is 11.1. The molecule has 0 saturated heterocycles. The Kier molecular flexibility index (Phi) is 4.13. The molecule has 0 amide bonds. The molecule has 2 rings (SSSR count). The van der Waals surface area contributed by atoms with Gasteiger partial charge in [-0.15, -0.1) is 0 Å². The molecular formula is C15H18N2O2. The quantitative estimate of drug-likeness (QED) is 0.807. The van der Waals surface area contributed by atoms with Crippen LogP contribution in [-0.4, -0.2) is 13.7 Å².